The van der Waals surface area contributed by atoms with Crippen molar-refractivity contribution in [3.05, 3.63) is 46.6 Å². The molecule has 1 aliphatic heterocycles. The summed E-state index contributed by atoms with van der Waals surface area (Å²) in [5, 5.41) is 3.19. The Balaban J connectivity index is 1.43. The molecule has 0 radical (unpaired) electrons. The molecule has 1 amide bonds. The van der Waals surface area contributed by atoms with Crippen LogP contribution < -0.4 is 0 Å². The molecule has 3 aromatic heterocycles. The second-order valence-electron chi connectivity index (χ2n) is 6.29. The summed E-state index contributed by atoms with van der Waals surface area (Å²) in [5.41, 5.74) is 1.41. The quantitative estimate of drug-likeness (QED) is 0.701. The standard InChI is InChI=1S/C18H20N4O3S/c1-13-20-14(11-26-13)10-21-5-3-6-22(8-7-21)18(23)16-17(25-12-19-16)15-4-2-9-24-15/h2,4,9,11-12H,3,5-8,10H2,1H3. The number of carbonyl (C=O) groups excluding carboxylic acids is 1. The molecule has 0 atom stereocenters. The number of hydrogen-bond acceptors (Lipinski definition) is 7. The summed E-state index contributed by atoms with van der Waals surface area (Å²) >= 11 is 1.67. The second kappa shape index (κ2) is 7.43. The van der Waals surface area contributed by atoms with Crippen LogP contribution in [0.5, 0.6) is 0 Å². The van der Waals surface area contributed by atoms with Crippen molar-refractivity contribution in [1.82, 2.24) is 19.8 Å². The Morgan fingerprint density at radius 1 is 1.27 bits per heavy atom. The zero-order valence-electron chi connectivity index (χ0n) is 14.6. The lowest BCUT2D eigenvalue weighted by Crippen LogP contribution is -2.35. The predicted molar refractivity (Wildman–Crippen MR) is 96.9 cm³/mol. The van der Waals surface area contributed by atoms with Crippen LogP contribution in [-0.2, 0) is 6.54 Å². The molecular weight excluding hydrogens is 352 g/mol. The van der Waals surface area contributed by atoms with E-state index in [0.29, 0.717) is 30.3 Å². The number of aryl methyl sites for hydroxylation is 1. The van der Waals surface area contributed by atoms with Crippen molar-refractivity contribution in [1.29, 1.82) is 0 Å². The van der Waals surface area contributed by atoms with Crippen LogP contribution in [0.1, 0.15) is 27.6 Å². The molecule has 26 heavy (non-hydrogen) atoms. The van der Waals surface area contributed by atoms with Crippen LogP contribution >= 0.6 is 11.3 Å². The number of thiazole rings is 1. The van der Waals surface area contributed by atoms with Gasteiger partial charge in [-0.05, 0) is 25.5 Å². The first-order valence-electron chi connectivity index (χ1n) is 8.60. The summed E-state index contributed by atoms with van der Waals surface area (Å²) < 4.78 is 10.7. The lowest BCUT2D eigenvalue weighted by Gasteiger charge is -2.21. The first kappa shape index (κ1) is 17.0. The molecule has 3 aromatic rings. The Labute approximate surface area is 155 Å². The molecule has 0 spiro atoms. The first-order chi connectivity index (χ1) is 12.7. The van der Waals surface area contributed by atoms with Crippen LogP contribution in [0.25, 0.3) is 11.5 Å². The summed E-state index contributed by atoms with van der Waals surface area (Å²) in [6.45, 7) is 5.97. The van der Waals surface area contributed by atoms with Crippen LogP contribution in [0.2, 0.25) is 0 Å². The minimum atomic E-state index is -0.114. The van der Waals surface area contributed by atoms with E-state index in [-0.39, 0.29) is 5.91 Å². The van der Waals surface area contributed by atoms with E-state index in [1.54, 1.807) is 29.7 Å². The monoisotopic (exact) mass is 372 g/mol. The van der Waals surface area contributed by atoms with Gasteiger partial charge in [-0.1, -0.05) is 0 Å². The Morgan fingerprint density at radius 2 is 2.19 bits per heavy atom. The lowest BCUT2D eigenvalue weighted by atomic mass is 10.2. The van der Waals surface area contributed by atoms with Gasteiger partial charge in [0.05, 0.1) is 17.0 Å². The van der Waals surface area contributed by atoms with E-state index in [1.165, 1.54) is 6.39 Å². The van der Waals surface area contributed by atoms with Crippen molar-refractivity contribution in [2.45, 2.75) is 19.9 Å². The molecule has 136 valence electrons. The van der Waals surface area contributed by atoms with Gasteiger partial charge in [-0.3, -0.25) is 9.69 Å². The largest absolute Gasteiger partial charge is 0.461 e. The van der Waals surface area contributed by atoms with Crippen LogP contribution in [0, 0.1) is 6.92 Å². The van der Waals surface area contributed by atoms with Crippen LogP contribution in [0.15, 0.2) is 39.0 Å². The maximum Gasteiger partial charge on any atom is 0.276 e. The van der Waals surface area contributed by atoms with Gasteiger partial charge in [0.2, 0.25) is 5.76 Å². The molecule has 0 N–H and O–H groups in total. The van der Waals surface area contributed by atoms with Gasteiger partial charge >= 0.3 is 0 Å². The zero-order chi connectivity index (χ0) is 17.9. The van der Waals surface area contributed by atoms with E-state index in [4.69, 9.17) is 8.83 Å². The predicted octanol–water partition coefficient (Wildman–Crippen LogP) is 3.05. The van der Waals surface area contributed by atoms with Crippen molar-refractivity contribution in [3.63, 3.8) is 0 Å². The van der Waals surface area contributed by atoms with Gasteiger partial charge in [-0.15, -0.1) is 11.3 Å². The van der Waals surface area contributed by atoms with E-state index in [0.717, 1.165) is 36.8 Å². The molecule has 4 heterocycles. The Hall–Kier alpha value is -2.45. The van der Waals surface area contributed by atoms with Gasteiger partial charge < -0.3 is 13.7 Å². The average molecular weight is 372 g/mol. The first-order valence-corrected chi connectivity index (χ1v) is 9.48. The molecule has 0 aliphatic carbocycles. The molecule has 0 aromatic carbocycles. The number of carbonyl (C=O) groups is 1. The summed E-state index contributed by atoms with van der Waals surface area (Å²) in [5.74, 6) is 0.789. The molecule has 1 fully saturated rings. The van der Waals surface area contributed by atoms with E-state index in [9.17, 15) is 4.79 Å². The number of amides is 1. The van der Waals surface area contributed by atoms with Crippen molar-refractivity contribution in [3.8, 4) is 11.5 Å². The smallest absolute Gasteiger partial charge is 0.276 e. The number of oxazole rings is 1. The zero-order valence-corrected chi connectivity index (χ0v) is 15.4. The highest BCUT2D eigenvalue weighted by Gasteiger charge is 2.26. The second-order valence-corrected chi connectivity index (χ2v) is 7.35. The minimum Gasteiger partial charge on any atom is -0.461 e. The van der Waals surface area contributed by atoms with E-state index < -0.39 is 0 Å². The minimum absolute atomic E-state index is 0.114. The Morgan fingerprint density at radius 3 is 2.96 bits per heavy atom. The molecule has 0 bridgehead atoms. The maximum absolute atomic E-state index is 12.9. The molecule has 8 heteroatoms. The summed E-state index contributed by atoms with van der Waals surface area (Å²) in [6.07, 6.45) is 3.76. The van der Waals surface area contributed by atoms with Crippen molar-refractivity contribution >= 4 is 17.2 Å². The summed E-state index contributed by atoms with van der Waals surface area (Å²) in [7, 11) is 0. The SMILES string of the molecule is Cc1nc(CN2CCCN(C(=O)c3ncoc3-c3ccco3)CC2)cs1. The summed E-state index contributed by atoms with van der Waals surface area (Å²) in [4.78, 5) is 25.8. The van der Waals surface area contributed by atoms with Gasteiger partial charge in [-0.25, -0.2) is 9.97 Å². The van der Waals surface area contributed by atoms with Crippen LogP contribution in [0.3, 0.4) is 0 Å². The van der Waals surface area contributed by atoms with E-state index in [1.807, 2.05) is 11.8 Å². The van der Waals surface area contributed by atoms with Gasteiger partial charge in [0, 0.05) is 38.1 Å². The van der Waals surface area contributed by atoms with Gasteiger partial charge in [0.15, 0.2) is 17.8 Å². The van der Waals surface area contributed by atoms with Crippen molar-refractivity contribution < 1.29 is 13.6 Å². The third-order valence-electron chi connectivity index (χ3n) is 4.44. The average Bonchev–Trinajstić information content (AvgIpc) is 3.35. The van der Waals surface area contributed by atoms with Crippen molar-refractivity contribution in [2.75, 3.05) is 26.2 Å². The number of nitrogens with zero attached hydrogens (tertiary/aromatic N) is 4. The topological polar surface area (TPSA) is 75.6 Å². The van der Waals surface area contributed by atoms with E-state index >= 15 is 0 Å². The molecule has 0 unspecified atom stereocenters. The number of rotatable bonds is 4. The third-order valence-corrected chi connectivity index (χ3v) is 5.27. The highest BCUT2D eigenvalue weighted by atomic mass is 32.1. The molecule has 1 aliphatic rings. The molecule has 0 saturated carbocycles. The normalized spacial score (nSPS) is 16.0. The van der Waals surface area contributed by atoms with E-state index in [2.05, 4.69) is 20.2 Å². The fraction of sp³-hybridized carbons (Fsp3) is 0.389. The Kier molecular flexibility index (Phi) is 4.85. The molecular formula is C18H20N4O3S. The Bertz CT molecular complexity index is 871. The fourth-order valence-corrected chi connectivity index (χ4v) is 3.78. The fourth-order valence-electron chi connectivity index (χ4n) is 3.17. The summed E-state index contributed by atoms with van der Waals surface area (Å²) in [6, 6.07) is 3.52. The van der Waals surface area contributed by atoms with Crippen LogP contribution in [-0.4, -0.2) is 51.9 Å². The van der Waals surface area contributed by atoms with Crippen LogP contribution in [0.4, 0.5) is 0 Å². The van der Waals surface area contributed by atoms with Gasteiger partial charge in [0.25, 0.3) is 5.91 Å². The molecule has 1 saturated heterocycles. The number of hydrogen-bond donors (Lipinski definition) is 0. The highest BCUT2D eigenvalue weighted by molar-refractivity contribution is 7.09. The number of furan rings is 1. The highest BCUT2D eigenvalue weighted by Crippen LogP contribution is 2.25. The van der Waals surface area contributed by atoms with Gasteiger partial charge in [0.1, 0.15) is 0 Å². The third kappa shape index (κ3) is 3.56. The van der Waals surface area contributed by atoms with Crippen molar-refractivity contribution in [2.24, 2.45) is 0 Å². The lowest BCUT2D eigenvalue weighted by molar-refractivity contribution is 0.0756. The van der Waals surface area contributed by atoms with Gasteiger partial charge in [-0.2, -0.15) is 0 Å². The number of aromatic nitrogens is 2. The molecule has 4 rings (SSSR count). The maximum atomic E-state index is 12.9. The molecule has 7 nitrogen and oxygen atoms in total.